The zero-order valence-corrected chi connectivity index (χ0v) is 12.2. The molecule has 20 heavy (non-hydrogen) atoms. The van der Waals surface area contributed by atoms with Gasteiger partial charge in [-0.25, -0.2) is 9.59 Å². The van der Waals surface area contributed by atoms with Crippen molar-refractivity contribution in [2.75, 3.05) is 0 Å². The standard InChI is InChI=1S/C14H22N2O4/c1-14(2,3)20-13(19)16-11(12(17)18)7-10(8-15)9-5-4-6-9/h9-11H,4-7H2,1-3H3,(H,16,19)(H,17,18). The van der Waals surface area contributed by atoms with Crippen molar-refractivity contribution in [3.8, 4) is 6.07 Å². The first-order chi connectivity index (χ1) is 9.23. The third-order valence-corrected chi connectivity index (χ3v) is 3.36. The lowest BCUT2D eigenvalue weighted by Gasteiger charge is -2.31. The highest BCUT2D eigenvalue weighted by molar-refractivity contribution is 5.80. The number of nitrogens with one attached hydrogen (secondary N) is 1. The van der Waals surface area contributed by atoms with Gasteiger partial charge < -0.3 is 15.2 Å². The monoisotopic (exact) mass is 282 g/mol. The molecule has 2 N–H and O–H groups in total. The second-order valence-electron chi connectivity index (χ2n) is 6.20. The first-order valence-corrected chi connectivity index (χ1v) is 6.85. The number of alkyl carbamates (subject to hydrolysis) is 1. The number of ether oxygens (including phenoxy) is 1. The Morgan fingerprint density at radius 3 is 2.40 bits per heavy atom. The Labute approximate surface area is 119 Å². The van der Waals surface area contributed by atoms with Gasteiger partial charge in [0.2, 0.25) is 0 Å². The molecule has 1 aliphatic rings. The molecule has 2 unspecified atom stereocenters. The Hall–Kier alpha value is -1.77. The molecule has 6 heteroatoms. The van der Waals surface area contributed by atoms with Crippen LogP contribution in [-0.4, -0.2) is 28.8 Å². The first-order valence-electron chi connectivity index (χ1n) is 6.85. The minimum absolute atomic E-state index is 0.121. The van der Waals surface area contributed by atoms with Crippen molar-refractivity contribution >= 4 is 12.1 Å². The molecular weight excluding hydrogens is 260 g/mol. The summed E-state index contributed by atoms with van der Waals surface area (Å²) in [7, 11) is 0. The van der Waals surface area contributed by atoms with Crippen LogP contribution in [0.3, 0.4) is 0 Å². The number of carboxylic acids is 1. The lowest BCUT2D eigenvalue weighted by Crippen LogP contribution is -2.45. The van der Waals surface area contributed by atoms with Crippen molar-refractivity contribution in [3.05, 3.63) is 0 Å². The molecule has 1 rings (SSSR count). The number of nitrogens with zero attached hydrogens (tertiary/aromatic N) is 1. The van der Waals surface area contributed by atoms with E-state index in [4.69, 9.17) is 15.1 Å². The summed E-state index contributed by atoms with van der Waals surface area (Å²) >= 11 is 0. The number of hydrogen-bond acceptors (Lipinski definition) is 4. The number of hydrogen-bond donors (Lipinski definition) is 2. The Bertz CT molecular complexity index is 404. The van der Waals surface area contributed by atoms with Crippen LogP contribution in [-0.2, 0) is 9.53 Å². The van der Waals surface area contributed by atoms with E-state index in [0.717, 1.165) is 19.3 Å². The Balaban J connectivity index is 2.58. The molecule has 0 aromatic rings. The van der Waals surface area contributed by atoms with Gasteiger partial charge in [-0.2, -0.15) is 5.26 Å². The van der Waals surface area contributed by atoms with Crippen molar-refractivity contribution < 1.29 is 19.4 Å². The Morgan fingerprint density at radius 1 is 1.45 bits per heavy atom. The molecule has 112 valence electrons. The van der Waals surface area contributed by atoms with E-state index in [9.17, 15) is 9.59 Å². The average molecular weight is 282 g/mol. The molecule has 0 aromatic carbocycles. The maximum atomic E-state index is 11.6. The van der Waals surface area contributed by atoms with Crippen molar-refractivity contribution in [1.29, 1.82) is 5.26 Å². The Morgan fingerprint density at radius 2 is 2.05 bits per heavy atom. The van der Waals surface area contributed by atoms with Crippen molar-refractivity contribution in [2.24, 2.45) is 11.8 Å². The summed E-state index contributed by atoms with van der Waals surface area (Å²) in [5, 5.41) is 20.6. The van der Waals surface area contributed by atoms with Crippen LogP contribution in [0, 0.1) is 23.2 Å². The molecule has 1 aliphatic carbocycles. The van der Waals surface area contributed by atoms with E-state index in [-0.39, 0.29) is 18.3 Å². The van der Waals surface area contributed by atoms with E-state index in [1.54, 1.807) is 20.8 Å². The van der Waals surface area contributed by atoms with Gasteiger partial charge in [-0.15, -0.1) is 0 Å². The van der Waals surface area contributed by atoms with Gasteiger partial charge in [-0.05, 0) is 46.0 Å². The Kier molecular flexibility index (Phi) is 5.37. The maximum absolute atomic E-state index is 11.6. The van der Waals surface area contributed by atoms with Crippen LogP contribution in [0.25, 0.3) is 0 Å². The van der Waals surface area contributed by atoms with Gasteiger partial charge >= 0.3 is 12.1 Å². The second-order valence-corrected chi connectivity index (χ2v) is 6.20. The second kappa shape index (κ2) is 6.60. The number of rotatable bonds is 5. The highest BCUT2D eigenvalue weighted by atomic mass is 16.6. The van der Waals surface area contributed by atoms with Crippen LogP contribution < -0.4 is 5.32 Å². The van der Waals surface area contributed by atoms with Crippen LogP contribution in [0.15, 0.2) is 0 Å². The molecule has 0 aromatic heterocycles. The zero-order chi connectivity index (χ0) is 15.3. The SMILES string of the molecule is CC(C)(C)OC(=O)NC(CC(C#N)C1CCC1)C(=O)O. The summed E-state index contributed by atoms with van der Waals surface area (Å²) in [5.74, 6) is -1.22. The molecule has 0 spiro atoms. The van der Waals surface area contributed by atoms with Crippen LogP contribution >= 0.6 is 0 Å². The van der Waals surface area contributed by atoms with Gasteiger partial charge in [-0.1, -0.05) is 6.42 Å². The number of amides is 1. The fourth-order valence-electron chi connectivity index (χ4n) is 2.12. The van der Waals surface area contributed by atoms with Crippen LogP contribution in [0.5, 0.6) is 0 Å². The van der Waals surface area contributed by atoms with Crippen LogP contribution in [0.4, 0.5) is 4.79 Å². The minimum atomic E-state index is -1.14. The van der Waals surface area contributed by atoms with E-state index < -0.39 is 23.7 Å². The van der Waals surface area contributed by atoms with Gasteiger partial charge in [0.05, 0.1) is 12.0 Å². The third-order valence-electron chi connectivity index (χ3n) is 3.36. The molecule has 2 atom stereocenters. The summed E-state index contributed by atoms with van der Waals surface area (Å²) in [6.45, 7) is 5.11. The quantitative estimate of drug-likeness (QED) is 0.806. The molecule has 0 aliphatic heterocycles. The zero-order valence-electron chi connectivity index (χ0n) is 12.2. The molecule has 1 amide bonds. The van der Waals surface area contributed by atoms with Crippen LogP contribution in [0.2, 0.25) is 0 Å². The summed E-state index contributed by atoms with van der Waals surface area (Å²) in [5.41, 5.74) is -0.685. The van der Waals surface area contributed by atoms with Crippen LogP contribution in [0.1, 0.15) is 46.5 Å². The lowest BCUT2D eigenvalue weighted by molar-refractivity contribution is -0.140. The van der Waals surface area contributed by atoms with E-state index in [2.05, 4.69) is 11.4 Å². The first kappa shape index (κ1) is 16.3. The molecule has 1 fully saturated rings. The van der Waals surface area contributed by atoms with Crippen molar-refractivity contribution in [1.82, 2.24) is 5.32 Å². The topological polar surface area (TPSA) is 99.4 Å². The number of carboxylic acid groups (broad SMARTS) is 1. The summed E-state index contributed by atoms with van der Waals surface area (Å²) in [6, 6.07) is 1.07. The molecule has 6 nitrogen and oxygen atoms in total. The van der Waals surface area contributed by atoms with Crippen molar-refractivity contribution in [3.63, 3.8) is 0 Å². The van der Waals surface area contributed by atoms with Gasteiger partial charge in [-0.3, -0.25) is 0 Å². The fourth-order valence-corrected chi connectivity index (χ4v) is 2.12. The number of carbonyl (C=O) groups excluding carboxylic acids is 1. The highest BCUT2D eigenvalue weighted by Gasteiger charge is 2.33. The van der Waals surface area contributed by atoms with Gasteiger partial charge in [0, 0.05) is 0 Å². The highest BCUT2D eigenvalue weighted by Crippen LogP contribution is 2.35. The molecular formula is C14H22N2O4. The van der Waals surface area contributed by atoms with Gasteiger partial charge in [0.15, 0.2) is 0 Å². The van der Waals surface area contributed by atoms with Gasteiger partial charge in [0.1, 0.15) is 11.6 Å². The predicted molar refractivity (Wildman–Crippen MR) is 71.9 cm³/mol. The van der Waals surface area contributed by atoms with E-state index in [1.807, 2.05) is 0 Å². The summed E-state index contributed by atoms with van der Waals surface area (Å²) in [6.07, 6.45) is 2.35. The average Bonchev–Trinajstić information content (AvgIpc) is 2.21. The smallest absolute Gasteiger partial charge is 0.408 e. The van der Waals surface area contributed by atoms with E-state index in [0.29, 0.717) is 0 Å². The molecule has 0 bridgehead atoms. The summed E-state index contributed by atoms with van der Waals surface area (Å²) in [4.78, 5) is 22.8. The largest absolute Gasteiger partial charge is 0.480 e. The fraction of sp³-hybridized carbons (Fsp3) is 0.786. The molecule has 0 heterocycles. The summed E-state index contributed by atoms with van der Waals surface area (Å²) < 4.78 is 5.04. The maximum Gasteiger partial charge on any atom is 0.408 e. The van der Waals surface area contributed by atoms with Gasteiger partial charge in [0.25, 0.3) is 0 Å². The van der Waals surface area contributed by atoms with E-state index >= 15 is 0 Å². The third kappa shape index (κ3) is 5.08. The predicted octanol–water partition coefficient (Wildman–Crippen LogP) is 2.29. The van der Waals surface area contributed by atoms with E-state index in [1.165, 1.54) is 0 Å². The van der Waals surface area contributed by atoms with Crippen molar-refractivity contribution in [2.45, 2.75) is 58.1 Å². The lowest BCUT2D eigenvalue weighted by atomic mass is 9.74. The number of aliphatic carboxylic acids is 1. The molecule has 0 radical (unpaired) electrons. The molecule has 0 saturated heterocycles. The number of carbonyl (C=O) groups is 2. The minimum Gasteiger partial charge on any atom is -0.480 e. The molecule has 1 saturated carbocycles. The normalized spacial score (nSPS) is 18.3. The number of nitriles is 1.